The van der Waals surface area contributed by atoms with Gasteiger partial charge < -0.3 is 9.47 Å². The van der Waals surface area contributed by atoms with E-state index in [0.29, 0.717) is 12.3 Å². The van der Waals surface area contributed by atoms with Gasteiger partial charge >= 0.3 is 11.9 Å². The van der Waals surface area contributed by atoms with Crippen LogP contribution < -0.4 is 10.4 Å². The van der Waals surface area contributed by atoms with E-state index in [1.165, 1.54) is 6.20 Å². The number of hydrazine groups is 1. The number of para-hydroxylation sites is 1. The van der Waals surface area contributed by atoms with Crippen LogP contribution in [0, 0.1) is 0 Å². The van der Waals surface area contributed by atoms with Crippen LogP contribution in [0.5, 0.6) is 0 Å². The van der Waals surface area contributed by atoms with Crippen molar-refractivity contribution in [1.82, 2.24) is 5.43 Å². The number of amidine groups is 1. The van der Waals surface area contributed by atoms with Gasteiger partial charge in [0.05, 0.1) is 25.1 Å². The van der Waals surface area contributed by atoms with Gasteiger partial charge in [0.15, 0.2) is 5.57 Å². The first-order valence-corrected chi connectivity index (χ1v) is 7.86. The molecule has 7 nitrogen and oxygen atoms in total. The fraction of sp³-hybridized carbons (Fsp3) is 0.353. The normalized spacial score (nSPS) is 14.9. The van der Waals surface area contributed by atoms with Crippen LogP contribution in [0.25, 0.3) is 0 Å². The van der Waals surface area contributed by atoms with Gasteiger partial charge in [0.25, 0.3) is 0 Å². The van der Waals surface area contributed by atoms with Gasteiger partial charge in [0.2, 0.25) is 0 Å². The minimum Gasteiger partial charge on any atom is -0.462 e. The zero-order valence-electron chi connectivity index (χ0n) is 13.8. The monoisotopic (exact) mass is 331 g/mol. The Bertz CT molecular complexity index is 620. The van der Waals surface area contributed by atoms with Crippen molar-refractivity contribution < 1.29 is 19.1 Å². The number of carbonyl (C=O) groups is 2. The predicted molar refractivity (Wildman–Crippen MR) is 90.3 cm³/mol. The molecule has 0 amide bonds. The smallest absolute Gasteiger partial charge is 0.347 e. The van der Waals surface area contributed by atoms with Gasteiger partial charge in [-0.25, -0.2) is 14.6 Å². The Morgan fingerprint density at radius 2 is 1.79 bits per heavy atom. The molecule has 0 bridgehead atoms. The number of rotatable bonds is 6. The van der Waals surface area contributed by atoms with E-state index < -0.39 is 11.9 Å². The number of benzene rings is 1. The highest BCUT2D eigenvalue weighted by Crippen LogP contribution is 2.15. The van der Waals surface area contributed by atoms with Gasteiger partial charge in [-0.15, -0.1) is 0 Å². The maximum atomic E-state index is 11.9. The summed E-state index contributed by atoms with van der Waals surface area (Å²) in [6.45, 7) is 4.43. The molecule has 7 heteroatoms. The summed E-state index contributed by atoms with van der Waals surface area (Å²) >= 11 is 0. The van der Waals surface area contributed by atoms with E-state index in [0.717, 1.165) is 12.2 Å². The van der Waals surface area contributed by atoms with Crippen molar-refractivity contribution in [3.8, 4) is 0 Å². The molecule has 0 radical (unpaired) electrons. The average molecular weight is 331 g/mol. The summed E-state index contributed by atoms with van der Waals surface area (Å²) in [6, 6.07) is 9.81. The third kappa shape index (κ3) is 4.58. The van der Waals surface area contributed by atoms with Crippen LogP contribution in [0.4, 0.5) is 5.69 Å². The Morgan fingerprint density at radius 3 is 2.38 bits per heavy atom. The van der Waals surface area contributed by atoms with Crippen molar-refractivity contribution in [2.45, 2.75) is 20.3 Å². The molecule has 1 aromatic carbocycles. The van der Waals surface area contributed by atoms with Gasteiger partial charge in [-0.3, -0.25) is 10.4 Å². The third-order valence-corrected chi connectivity index (χ3v) is 3.24. The van der Waals surface area contributed by atoms with Crippen LogP contribution in [0.3, 0.4) is 0 Å². The van der Waals surface area contributed by atoms with E-state index in [1.54, 1.807) is 13.8 Å². The zero-order chi connectivity index (χ0) is 17.4. The van der Waals surface area contributed by atoms with Crippen molar-refractivity contribution in [1.29, 1.82) is 0 Å². The second-order valence-electron chi connectivity index (χ2n) is 4.91. The summed E-state index contributed by atoms with van der Waals surface area (Å²) in [5.74, 6) is -0.818. The fourth-order valence-electron chi connectivity index (χ4n) is 2.13. The molecule has 24 heavy (non-hydrogen) atoms. The van der Waals surface area contributed by atoms with Crippen molar-refractivity contribution >= 4 is 23.5 Å². The lowest BCUT2D eigenvalue weighted by atomic mass is 10.3. The molecule has 1 aliphatic heterocycles. The molecule has 128 valence electrons. The number of aliphatic imine (C=N–C) groups is 1. The van der Waals surface area contributed by atoms with Crippen LogP contribution in [-0.2, 0) is 19.1 Å². The molecule has 0 unspecified atom stereocenters. The first-order valence-electron chi connectivity index (χ1n) is 7.86. The van der Waals surface area contributed by atoms with Crippen LogP contribution in [-0.4, -0.2) is 37.5 Å². The molecule has 0 aromatic heterocycles. The van der Waals surface area contributed by atoms with Crippen molar-refractivity contribution in [2.75, 3.05) is 24.8 Å². The predicted octanol–water partition coefficient (Wildman–Crippen LogP) is 1.81. The molecule has 0 saturated carbocycles. The molecule has 0 aliphatic carbocycles. The van der Waals surface area contributed by atoms with E-state index in [2.05, 4.69) is 10.4 Å². The molecule has 1 fully saturated rings. The van der Waals surface area contributed by atoms with Crippen molar-refractivity contribution in [2.24, 2.45) is 4.99 Å². The van der Waals surface area contributed by atoms with Gasteiger partial charge in [0, 0.05) is 13.0 Å². The molecular weight excluding hydrogens is 310 g/mol. The third-order valence-electron chi connectivity index (χ3n) is 3.24. The summed E-state index contributed by atoms with van der Waals surface area (Å²) in [5, 5.41) is 1.95. The highest BCUT2D eigenvalue weighted by atomic mass is 16.6. The quantitative estimate of drug-likeness (QED) is 0.371. The molecule has 1 N–H and O–H groups in total. The Hall–Kier alpha value is -2.83. The first kappa shape index (κ1) is 17.5. The maximum absolute atomic E-state index is 11.9. The lowest BCUT2D eigenvalue weighted by molar-refractivity contribution is -0.146. The van der Waals surface area contributed by atoms with Crippen LogP contribution >= 0.6 is 0 Å². The molecule has 1 aliphatic rings. The SMILES string of the molecule is CCOC(=O)C(=CN=C1CCN(c2ccccc2)N1)C(=O)OCC. The maximum Gasteiger partial charge on any atom is 0.347 e. The van der Waals surface area contributed by atoms with Gasteiger partial charge in [-0.1, -0.05) is 18.2 Å². The summed E-state index contributed by atoms with van der Waals surface area (Å²) in [5.41, 5.74) is 3.94. The Kier molecular flexibility index (Phi) is 6.36. The molecule has 1 saturated heterocycles. The average Bonchev–Trinajstić information content (AvgIpc) is 3.05. The molecule has 1 aromatic rings. The summed E-state index contributed by atoms with van der Waals surface area (Å²) in [7, 11) is 0. The molecule has 2 rings (SSSR count). The van der Waals surface area contributed by atoms with E-state index in [1.807, 2.05) is 35.3 Å². The topological polar surface area (TPSA) is 80.2 Å². The van der Waals surface area contributed by atoms with Gasteiger partial charge in [-0.05, 0) is 26.0 Å². The first-order chi connectivity index (χ1) is 11.7. The summed E-state index contributed by atoms with van der Waals surface area (Å²) in [4.78, 5) is 27.9. The number of hydrogen-bond acceptors (Lipinski definition) is 6. The van der Waals surface area contributed by atoms with Gasteiger partial charge in [-0.2, -0.15) is 0 Å². The minimum absolute atomic E-state index is 0.173. The summed E-state index contributed by atoms with van der Waals surface area (Å²) in [6.07, 6.45) is 1.87. The largest absolute Gasteiger partial charge is 0.462 e. The molecular formula is C17H21N3O4. The number of ether oxygens (including phenoxy) is 2. The lowest BCUT2D eigenvalue weighted by Crippen LogP contribution is -2.32. The number of hydrogen-bond donors (Lipinski definition) is 1. The number of carbonyl (C=O) groups excluding carboxylic acids is 2. The molecule has 0 atom stereocenters. The van der Waals surface area contributed by atoms with Gasteiger partial charge in [0.1, 0.15) is 5.84 Å². The second kappa shape index (κ2) is 8.71. The van der Waals surface area contributed by atoms with Crippen molar-refractivity contribution in [3.05, 3.63) is 42.1 Å². The van der Waals surface area contributed by atoms with E-state index in [-0.39, 0.29) is 18.8 Å². The number of nitrogens with zero attached hydrogens (tertiary/aromatic N) is 2. The number of anilines is 1. The van der Waals surface area contributed by atoms with E-state index >= 15 is 0 Å². The minimum atomic E-state index is -0.738. The second-order valence-corrected chi connectivity index (χ2v) is 4.91. The molecule has 0 spiro atoms. The van der Waals surface area contributed by atoms with Crippen LogP contribution in [0.15, 0.2) is 47.1 Å². The summed E-state index contributed by atoms with van der Waals surface area (Å²) < 4.78 is 9.74. The Morgan fingerprint density at radius 1 is 1.17 bits per heavy atom. The Balaban J connectivity index is 2.11. The van der Waals surface area contributed by atoms with Crippen LogP contribution in [0.2, 0.25) is 0 Å². The highest BCUT2D eigenvalue weighted by molar-refractivity contribution is 6.14. The fourth-order valence-corrected chi connectivity index (χ4v) is 2.13. The number of esters is 2. The van der Waals surface area contributed by atoms with E-state index in [9.17, 15) is 9.59 Å². The van der Waals surface area contributed by atoms with Crippen LogP contribution in [0.1, 0.15) is 20.3 Å². The van der Waals surface area contributed by atoms with Crippen molar-refractivity contribution in [3.63, 3.8) is 0 Å². The Labute approximate surface area is 140 Å². The number of nitrogens with one attached hydrogen (secondary N) is 1. The standard InChI is InChI=1S/C17H21N3O4/c1-3-23-16(21)14(17(22)24-4-2)12-18-15-10-11-20(19-15)13-8-6-5-7-9-13/h5-9,12H,3-4,10-11H2,1-2H3,(H,18,19). The lowest BCUT2D eigenvalue weighted by Gasteiger charge is -2.17. The zero-order valence-corrected chi connectivity index (χ0v) is 13.8. The molecule has 1 heterocycles. The van der Waals surface area contributed by atoms with E-state index in [4.69, 9.17) is 9.47 Å². The highest BCUT2D eigenvalue weighted by Gasteiger charge is 2.22.